The topological polar surface area (TPSA) is 66.5 Å². The molecule has 2 aromatic rings. The average molecular weight is 241 g/mol. The Kier molecular flexibility index (Phi) is 4.05. The van der Waals surface area contributed by atoms with Gasteiger partial charge in [0, 0.05) is 18.8 Å². The highest BCUT2D eigenvalue weighted by atomic mass is 15.4. The van der Waals surface area contributed by atoms with Gasteiger partial charge in [-0.05, 0) is 24.6 Å². The van der Waals surface area contributed by atoms with E-state index in [0.717, 1.165) is 13.1 Å². The minimum absolute atomic E-state index is 0.251. The van der Waals surface area contributed by atoms with E-state index in [1.165, 1.54) is 5.56 Å². The number of nitriles is 1. The highest BCUT2D eigenvalue weighted by Gasteiger charge is 2.04. The number of nitrogens with zero attached hydrogens (tertiary/aromatic N) is 4. The van der Waals surface area contributed by atoms with Gasteiger partial charge in [-0.2, -0.15) is 5.26 Å². The van der Waals surface area contributed by atoms with Crippen LogP contribution in [0.1, 0.15) is 24.1 Å². The molecular formula is C13H15N5. The first-order valence-electron chi connectivity index (χ1n) is 5.87. The van der Waals surface area contributed by atoms with Crippen LogP contribution in [0.3, 0.4) is 0 Å². The number of aromatic nitrogens is 3. The Labute approximate surface area is 106 Å². The summed E-state index contributed by atoms with van der Waals surface area (Å²) in [5.74, 6) is 0. The van der Waals surface area contributed by atoms with Gasteiger partial charge in [0.05, 0.1) is 24.4 Å². The minimum atomic E-state index is 0.251. The van der Waals surface area contributed by atoms with Crippen molar-refractivity contribution in [2.75, 3.05) is 6.54 Å². The zero-order valence-electron chi connectivity index (χ0n) is 10.2. The average Bonchev–Trinajstić information content (AvgIpc) is 2.92. The first-order chi connectivity index (χ1) is 8.79. The van der Waals surface area contributed by atoms with E-state index in [-0.39, 0.29) is 6.04 Å². The fraction of sp³-hybridized carbons (Fsp3) is 0.308. The lowest BCUT2D eigenvalue weighted by atomic mass is 10.1. The highest BCUT2D eigenvalue weighted by Crippen LogP contribution is 2.12. The molecule has 5 heteroatoms. The summed E-state index contributed by atoms with van der Waals surface area (Å²) in [5.41, 5.74) is 1.86. The summed E-state index contributed by atoms with van der Waals surface area (Å²) in [6.45, 7) is 3.72. The number of benzene rings is 1. The zero-order chi connectivity index (χ0) is 12.8. The first-order valence-corrected chi connectivity index (χ1v) is 5.87. The summed E-state index contributed by atoms with van der Waals surface area (Å²) in [7, 11) is 0. The molecule has 1 N–H and O–H groups in total. The summed E-state index contributed by atoms with van der Waals surface area (Å²) in [5, 5.41) is 19.8. The van der Waals surface area contributed by atoms with E-state index < -0.39 is 0 Å². The lowest BCUT2D eigenvalue weighted by Crippen LogP contribution is -2.23. The van der Waals surface area contributed by atoms with E-state index >= 15 is 0 Å². The molecule has 1 aromatic heterocycles. The monoisotopic (exact) mass is 241 g/mol. The van der Waals surface area contributed by atoms with Crippen molar-refractivity contribution in [1.82, 2.24) is 20.3 Å². The maximum Gasteiger partial charge on any atom is 0.0991 e. The standard InChI is InChI=1S/C13H15N5/c1-11(13-4-2-12(10-14)3-5-13)15-6-8-18-9-7-16-17-18/h2-5,7,9,11,15H,6,8H2,1H3. The van der Waals surface area contributed by atoms with Gasteiger partial charge in [-0.25, -0.2) is 0 Å². The van der Waals surface area contributed by atoms with Crippen LogP contribution in [-0.2, 0) is 6.54 Å². The van der Waals surface area contributed by atoms with Gasteiger partial charge in [0.15, 0.2) is 0 Å². The Morgan fingerprint density at radius 2 is 2.17 bits per heavy atom. The van der Waals surface area contributed by atoms with Crippen molar-refractivity contribution < 1.29 is 0 Å². The molecule has 1 heterocycles. The van der Waals surface area contributed by atoms with E-state index in [9.17, 15) is 0 Å². The van der Waals surface area contributed by atoms with E-state index in [2.05, 4.69) is 28.6 Å². The molecule has 1 aromatic carbocycles. The summed E-state index contributed by atoms with van der Waals surface area (Å²) < 4.78 is 1.79. The van der Waals surface area contributed by atoms with E-state index in [4.69, 9.17) is 5.26 Å². The first kappa shape index (κ1) is 12.3. The van der Waals surface area contributed by atoms with E-state index in [1.54, 1.807) is 10.9 Å². The maximum atomic E-state index is 8.73. The van der Waals surface area contributed by atoms with Crippen molar-refractivity contribution in [3.63, 3.8) is 0 Å². The molecule has 0 spiro atoms. The van der Waals surface area contributed by atoms with Crippen LogP contribution in [0.4, 0.5) is 0 Å². The second kappa shape index (κ2) is 5.94. The van der Waals surface area contributed by atoms with Crippen molar-refractivity contribution in [2.24, 2.45) is 0 Å². The number of hydrogen-bond acceptors (Lipinski definition) is 4. The molecule has 0 aliphatic heterocycles. The van der Waals surface area contributed by atoms with Crippen molar-refractivity contribution in [2.45, 2.75) is 19.5 Å². The molecule has 0 radical (unpaired) electrons. The van der Waals surface area contributed by atoms with Crippen molar-refractivity contribution in [1.29, 1.82) is 5.26 Å². The number of hydrogen-bond donors (Lipinski definition) is 1. The van der Waals surface area contributed by atoms with Crippen LogP contribution < -0.4 is 5.32 Å². The molecule has 5 nitrogen and oxygen atoms in total. The van der Waals surface area contributed by atoms with Gasteiger partial charge in [-0.3, -0.25) is 4.68 Å². The largest absolute Gasteiger partial charge is 0.308 e. The second-order valence-electron chi connectivity index (χ2n) is 4.08. The molecule has 2 rings (SSSR count). The van der Waals surface area contributed by atoms with Crippen LogP contribution in [0, 0.1) is 11.3 Å². The fourth-order valence-electron chi connectivity index (χ4n) is 1.71. The molecule has 0 amide bonds. The quantitative estimate of drug-likeness (QED) is 0.861. The third-order valence-electron chi connectivity index (χ3n) is 2.80. The zero-order valence-corrected chi connectivity index (χ0v) is 10.2. The van der Waals surface area contributed by atoms with Crippen molar-refractivity contribution in [3.8, 4) is 6.07 Å². The van der Waals surface area contributed by atoms with Gasteiger partial charge in [-0.1, -0.05) is 17.3 Å². The van der Waals surface area contributed by atoms with Gasteiger partial charge in [0.2, 0.25) is 0 Å². The van der Waals surface area contributed by atoms with Gasteiger partial charge < -0.3 is 5.32 Å². The van der Waals surface area contributed by atoms with Crippen molar-refractivity contribution >= 4 is 0 Å². The van der Waals surface area contributed by atoms with E-state index in [0.29, 0.717) is 5.56 Å². The third kappa shape index (κ3) is 3.15. The van der Waals surface area contributed by atoms with Gasteiger partial charge >= 0.3 is 0 Å². The van der Waals surface area contributed by atoms with Crippen LogP contribution in [0.5, 0.6) is 0 Å². The lowest BCUT2D eigenvalue weighted by Gasteiger charge is -2.14. The van der Waals surface area contributed by atoms with Gasteiger partial charge in [-0.15, -0.1) is 5.10 Å². The SMILES string of the molecule is CC(NCCn1ccnn1)c1ccc(C#N)cc1. The molecule has 1 atom stereocenters. The molecular weight excluding hydrogens is 226 g/mol. The normalized spacial score (nSPS) is 12.0. The number of rotatable bonds is 5. The predicted octanol–water partition coefficient (Wildman–Crippen LogP) is 1.50. The fourth-order valence-corrected chi connectivity index (χ4v) is 1.71. The van der Waals surface area contributed by atoms with Crippen LogP contribution in [0.2, 0.25) is 0 Å². The Hall–Kier alpha value is -2.19. The molecule has 0 aliphatic carbocycles. The molecule has 0 saturated carbocycles. The lowest BCUT2D eigenvalue weighted by molar-refractivity contribution is 0.499. The smallest absolute Gasteiger partial charge is 0.0991 e. The molecule has 0 aliphatic rings. The summed E-state index contributed by atoms with van der Waals surface area (Å²) in [6, 6.07) is 10.00. The molecule has 0 saturated heterocycles. The van der Waals surface area contributed by atoms with E-state index in [1.807, 2.05) is 30.5 Å². The number of nitrogens with one attached hydrogen (secondary N) is 1. The molecule has 0 bridgehead atoms. The molecule has 1 unspecified atom stereocenters. The summed E-state index contributed by atoms with van der Waals surface area (Å²) in [4.78, 5) is 0. The van der Waals surface area contributed by atoms with Crippen LogP contribution in [0.25, 0.3) is 0 Å². The Morgan fingerprint density at radius 1 is 1.39 bits per heavy atom. The predicted molar refractivity (Wildman–Crippen MR) is 67.6 cm³/mol. The summed E-state index contributed by atoms with van der Waals surface area (Å²) in [6.07, 6.45) is 3.51. The Morgan fingerprint density at radius 3 is 2.78 bits per heavy atom. The Bertz CT molecular complexity index is 509. The summed E-state index contributed by atoms with van der Waals surface area (Å²) >= 11 is 0. The molecule has 92 valence electrons. The van der Waals surface area contributed by atoms with Crippen LogP contribution in [-0.4, -0.2) is 21.5 Å². The second-order valence-corrected chi connectivity index (χ2v) is 4.08. The maximum absolute atomic E-state index is 8.73. The molecule has 18 heavy (non-hydrogen) atoms. The van der Waals surface area contributed by atoms with Crippen LogP contribution in [0.15, 0.2) is 36.7 Å². The van der Waals surface area contributed by atoms with Crippen LogP contribution >= 0.6 is 0 Å². The minimum Gasteiger partial charge on any atom is -0.308 e. The van der Waals surface area contributed by atoms with Gasteiger partial charge in [0.1, 0.15) is 0 Å². The van der Waals surface area contributed by atoms with Crippen molar-refractivity contribution in [3.05, 3.63) is 47.8 Å². The molecule has 0 fully saturated rings. The third-order valence-corrected chi connectivity index (χ3v) is 2.80. The Balaban J connectivity index is 1.83. The highest BCUT2D eigenvalue weighted by molar-refractivity contribution is 5.32. The van der Waals surface area contributed by atoms with Gasteiger partial charge in [0.25, 0.3) is 0 Å².